The van der Waals surface area contributed by atoms with Crippen LogP contribution in [0.3, 0.4) is 0 Å². The molecule has 1 amide bonds. The van der Waals surface area contributed by atoms with Crippen LogP contribution in [0.1, 0.15) is 15.9 Å². The van der Waals surface area contributed by atoms with Crippen LogP contribution in [0.5, 0.6) is 0 Å². The van der Waals surface area contributed by atoms with Gasteiger partial charge < -0.3 is 5.32 Å². The van der Waals surface area contributed by atoms with E-state index in [9.17, 15) is 14.9 Å². The number of aromatic nitrogens is 3. The van der Waals surface area contributed by atoms with E-state index in [1.165, 1.54) is 24.5 Å². The van der Waals surface area contributed by atoms with E-state index in [1.807, 2.05) is 12.1 Å². The Hall–Kier alpha value is -3.55. The number of para-hydroxylation sites is 1. The minimum Gasteiger partial charge on any atom is -0.322 e. The molecule has 0 fully saturated rings. The minimum absolute atomic E-state index is 0.0224. The maximum atomic E-state index is 12.2. The molecule has 0 unspecified atom stereocenters. The highest BCUT2D eigenvalue weighted by Crippen LogP contribution is 2.19. The molecule has 0 saturated carbocycles. The van der Waals surface area contributed by atoms with Crippen molar-refractivity contribution >= 4 is 17.3 Å². The van der Waals surface area contributed by atoms with Crippen molar-refractivity contribution in [1.82, 2.24) is 14.8 Å². The summed E-state index contributed by atoms with van der Waals surface area (Å²) in [5, 5.41) is 17.7. The monoisotopic (exact) mass is 323 g/mol. The zero-order valence-electron chi connectivity index (χ0n) is 12.5. The minimum atomic E-state index is -0.573. The largest absolute Gasteiger partial charge is 0.322 e. The number of benzene rings is 2. The van der Waals surface area contributed by atoms with Crippen molar-refractivity contribution in [3.05, 3.63) is 82.4 Å². The van der Waals surface area contributed by atoms with Crippen molar-refractivity contribution in [3.8, 4) is 0 Å². The highest BCUT2D eigenvalue weighted by Gasteiger charge is 2.19. The fraction of sp³-hybridized carbons (Fsp3) is 0.0625. The van der Waals surface area contributed by atoms with Crippen molar-refractivity contribution in [2.24, 2.45) is 0 Å². The first-order valence-electron chi connectivity index (χ1n) is 7.09. The van der Waals surface area contributed by atoms with Crippen molar-refractivity contribution in [2.75, 3.05) is 5.32 Å². The van der Waals surface area contributed by atoms with Crippen LogP contribution in [0.2, 0.25) is 0 Å². The Morgan fingerprint density at radius 1 is 1.17 bits per heavy atom. The molecule has 8 heteroatoms. The predicted molar refractivity (Wildman–Crippen MR) is 86.6 cm³/mol. The topological polar surface area (TPSA) is 103 Å². The molecule has 2 aromatic carbocycles. The van der Waals surface area contributed by atoms with E-state index in [0.717, 1.165) is 5.56 Å². The van der Waals surface area contributed by atoms with E-state index in [1.54, 1.807) is 29.2 Å². The molecule has 8 nitrogen and oxygen atoms in total. The smallest absolute Gasteiger partial charge is 0.282 e. The highest BCUT2D eigenvalue weighted by atomic mass is 16.6. The first-order valence-corrected chi connectivity index (χ1v) is 7.09. The van der Waals surface area contributed by atoms with Gasteiger partial charge in [-0.15, -0.1) is 0 Å². The maximum Gasteiger partial charge on any atom is 0.282 e. The summed E-state index contributed by atoms with van der Waals surface area (Å²) < 4.78 is 1.68. The molecule has 0 aliphatic rings. The molecule has 0 radical (unpaired) electrons. The fourth-order valence-corrected chi connectivity index (χ4v) is 2.22. The van der Waals surface area contributed by atoms with Gasteiger partial charge in [-0.05, 0) is 23.8 Å². The molecular weight excluding hydrogens is 310 g/mol. The van der Waals surface area contributed by atoms with Crippen LogP contribution in [0.4, 0.5) is 11.4 Å². The summed E-state index contributed by atoms with van der Waals surface area (Å²) in [7, 11) is 0. The lowest BCUT2D eigenvalue weighted by molar-refractivity contribution is -0.385. The molecule has 0 bridgehead atoms. The van der Waals surface area contributed by atoms with Crippen LogP contribution in [0.25, 0.3) is 0 Å². The first kappa shape index (κ1) is 15.3. The van der Waals surface area contributed by atoms with Gasteiger partial charge in [0, 0.05) is 11.8 Å². The van der Waals surface area contributed by atoms with Crippen molar-refractivity contribution in [2.45, 2.75) is 6.54 Å². The normalized spacial score (nSPS) is 10.3. The Morgan fingerprint density at radius 2 is 1.92 bits per heavy atom. The quantitative estimate of drug-likeness (QED) is 0.574. The van der Waals surface area contributed by atoms with Gasteiger partial charge in [0.1, 0.15) is 18.2 Å². The Labute approximate surface area is 136 Å². The molecule has 0 aliphatic carbocycles. The van der Waals surface area contributed by atoms with Crippen LogP contribution in [0, 0.1) is 10.1 Å². The Bertz CT molecular complexity index is 860. The van der Waals surface area contributed by atoms with Gasteiger partial charge in [0.25, 0.3) is 11.6 Å². The zero-order chi connectivity index (χ0) is 16.9. The molecule has 1 aromatic heterocycles. The molecule has 0 saturated heterocycles. The van der Waals surface area contributed by atoms with Crippen LogP contribution in [0.15, 0.2) is 61.2 Å². The molecule has 1 heterocycles. The van der Waals surface area contributed by atoms with Gasteiger partial charge in [0.15, 0.2) is 0 Å². The number of nitrogens with one attached hydrogen (secondary N) is 1. The second-order valence-corrected chi connectivity index (χ2v) is 5.02. The van der Waals surface area contributed by atoms with Gasteiger partial charge in [-0.2, -0.15) is 5.10 Å². The van der Waals surface area contributed by atoms with Crippen LogP contribution >= 0.6 is 0 Å². The molecular formula is C16H13N5O3. The van der Waals surface area contributed by atoms with E-state index in [2.05, 4.69) is 15.4 Å². The van der Waals surface area contributed by atoms with E-state index < -0.39 is 10.8 Å². The summed E-state index contributed by atoms with van der Waals surface area (Å²) in [6.45, 7) is 0.568. The first-order chi connectivity index (χ1) is 11.6. The van der Waals surface area contributed by atoms with Crippen molar-refractivity contribution in [3.63, 3.8) is 0 Å². The molecule has 0 spiro atoms. The van der Waals surface area contributed by atoms with Crippen LogP contribution in [-0.2, 0) is 6.54 Å². The van der Waals surface area contributed by atoms with Gasteiger partial charge in [0.2, 0.25) is 0 Å². The molecule has 3 aromatic rings. The number of hydrogen-bond acceptors (Lipinski definition) is 5. The third-order valence-corrected chi connectivity index (χ3v) is 3.37. The van der Waals surface area contributed by atoms with E-state index in [0.29, 0.717) is 12.2 Å². The molecule has 1 N–H and O–H groups in total. The third kappa shape index (κ3) is 3.43. The van der Waals surface area contributed by atoms with Crippen LogP contribution < -0.4 is 5.32 Å². The number of hydrogen-bond donors (Lipinski definition) is 1. The number of nitro benzene ring substituents is 1. The van der Waals surface area contributed by atoms with Gasteiger partial charge in [-0.1, -0.05) is 24.3 Å². The predicted octanol–water partition coefficient (Wildman–Crippen LogP) is 2.49. The summed E-state index contributed by atoms with van der Waals surface area (Å²) in [6, 6.07) is 13.0. The number of nitro groups is 1. The Morgan fingerprint density at radius 3 is 2.58 bits per heavy atom. The van der Waals surface area contributed by atoms with Gasteiger partial charge in [-0.25, -0.2) is 9.67 Å². The van der Waals surface area contributed by atoms with Gasteiger partial charge >= 0.3 is 0 Å². The lowest BCUT2D eigenvalue weighted by Gasteiger charge is -2.07. The fourth-order valence-electron chi connectivity index (χ4n) is 2.22. The van der Waals surface area contributed by atoms with Crippen molar-refractivity contribution in [1.29, 1.82) is 0 Å². The van der Waals surface area contributed by atoms with Gasteiger partial charge in [0.05, 0.1) is 11.5 Å². The molecule has 0 atom stereocenters. The molecule has 3 rings (SSSR count). The second kappa shape index (κ2) is 6.69. The molecule has 120 valence electrons. The number of amides is 1. The number of anilines is 1. The van der Waals surface area contributed by atoms with Crippen molar-refractivity contribution < 1.29 is 9.72 Å². The molecule has 24 heavy (non-hydrogen) atoms. The number of carbonyl (C=O) groups is 1. The third-order valence-electron chi connectivity index (χ3n) is 3.37. The summed E-state index contributed by atoms with van der Waals surface area (Å²) in [4.78, 5) is 26.5. The number of nitrogens with zero attached hydrogens (tertiary/aromatic N) is 4. The Balaban J connectivity index is 1.72. The second-order valence-electron chi connectivity index (χ2n) is 5.02. The summed E-state index contributed by atoms with van der Waals surface area (Å²) in [5.41, 5.74) is 1.34. The van der Waals surface area contributed by atoms with Crippen LogP contribution in [-0.4, -0.2) is 25.6 Å². The molecule has 0 aliphatic heterocycles. The van der Waals surface area contributed by atoms with Gasteiger partial charge in [-0.3, -0.25) is 14.9 Å². The summed E-state index contributed by atoms with van der Waals surface area (Å²) >= 11 is 0. The SMILES string of the molecule is O=C(Nc1ccc(Cn2cncn2)cc1)c1ccccc1[N+](=O)[O-]. The highest BCUT2D eigenvalue weighted by molar-refractivity contribution is 6.07. The lowest BCUT2D eigenvalue weighted by atomic mass is 10.1. The standard InChI is InChI=1S/C16H13N5O3/c22-16(14-3-1-2-4-15(14)21(23)24)19-13-7-5-12(6-8-13)9-20-11-17-10-18-20/h1-8,10-11H,9H2,(H,19,22). The van der Waals surface area contributed by atoms with E-state index in [-0.39, 0.29) is 11.3 Å². The van der Waals surface area contributed by atoms with E-state index >= 15 is 0 Å². The average molecular weight is 323 g/mol. The zero-order valence-corrected chi connectivity index (χ0v) is 12.5. The lowest BCUT2D eigenvalue weighted by Crippen LogP contribution is -2.13. The number of rotatable bonds is 5. The number of carbonyl (C=O) groups excluding carboxylic acids is 1. The maximum absolute atomic E-state index is 12.2. The summed E-state index contributed by atoms with van der Waals surface area (Å²) in [5.74, 6) is -0.522. The summed E-state index contributed by atoms with van der Waals surface area (Å²) in [6.07, 6.45) is 3.07. The average Bonchev–Trinajstić information content (AvgIpc) is 3.09. The van der Waals surface area contributed by atoms with E-state index in [4.69, 9.17) is 0 Å². The Kier molecular flexibility index (Phi) is 4.28.